The van der Waals surface area contributed by atoms with Gasteiger partial charge in [0, 0.05) is 38.8 Å². The molecule has 13 heteroatoms. The SMILES string of the molecule is CC(O)(c1ccnc(-c2cccc3cc(C(NS(=O)(=O)c4ccc5c(c4)OCCCO5)c4ccccc4Cl)sc23)c1)C(F)(F)F. The topological polar surface area (TPSA) is 97.8 Å². The number of nitrogens with one attached hydrogen (secondary N) is 1. The zero-order valence-electron chi connectivity index (χ0n) is 23.6. The molecule has 1 aliphatic rings. The Morgan fingerprint density at radius 3 is 2.49 bits per heavy atom. The number of ether oxygens (including phenoxy) is 2. The van der Waals surface area contributed by atoms with Crippen molar-refractivity contribution in [2.45, 2.75) is 36.1 Å². The van der Waals surface area contributed by atoms with Crippen LogP contribution in [0.5, 0.6) is 11.5 Å². The van der Waals surface area contributed by atoms with Gasteiger partial charge >= 0.3 is 6.18 Å². The van der Waals surface area contributed by atoms with Crippen molar-refractivity contribution >= 4 is 43.0 Å². The molecular formula is C32H26ClF3N2O5S2. The number of pyridine rings is 1. The van der Waals surface area contributed by atoms with Crippen LogP contribution in [0.4, 0.5) is 13.2 Å². The lowest BCUT2D eigenvalue weighted by Crippen LogP contribution is -2.39. The summed E-state index contributed by atoms with van der Waals surface area (Å²) in [6.45, 7) is 1.54. The molecule has 234 valence electrons. The zero-order valence-corrected chi connectivity index (χ0v) is 26.0. The lowest BCUT2D eigenvalue weighted by Gasteiger charge is -2.26. The van der Waals surface area contributed by atoms with Gasteiger partial charge in [-0.15, -0.1) is 11.3 Å². The van der Waals surface area contributed by atoms with Gasteiger partial charge in [-0.3, -0.25) is 4.98 Å². The smallest absolute Gasteiger partial charge is 0.421 e. The lowest BCUT2D eigenvalue weighted by molar-refractivity contribution is -0.258. The highest BCUT2D eigenvalue weighted by molar-refractivity contribution is 7.89. The van der Waals surface area contributed by atoms with Gasteiger partial charge in [-0.25, -0.2) is 8.42 Å². The molecule has 0 saturated heterocycles. The van der Waals surface area contributed by atoms with E-state index in [2.05, 4.69) is 9.71 Å². The summed E-state index contributed by atoms with van der Waals surface area (Å²) in [5.74, 6) is 0.788. The molecule has 5 aromatic rings. The number of halogens is 4. The molecule has 0 aliphatic carbocycles. The maximum atomic E-state index is 13.8. The molecule has 7 nitrogen and oxygen atoms in total. The van der Waals surface area contributed by atoms with Crippen LogP contribution >= 0.6 is 22.9 Å². The number of sulfonamides is 1. The van der Waals surface area contributed by atoms with E-state index in [-0.39, 0.29) is 16.2 Å². The molecule has 3 aromatic carbocycles. The maximum absolute atomic E-state index is 13.8. The van der Waals surface area contributed by atoms with Crippen molar-refractivity contribution < 1.29 is 36.2 Å². The van der Waals surface area contributed by atoms with Crippen LogP contribution in [-0.4, -0.2) is 37.9 Å². The first-order chi connectivity index (χ1) is 21.3. The summed E-state index contributed by atoms with van der Waals surface area (Å²) in [4.78, 5) is 4.86. The molecule has 0 spiro atoms. The zero-order chi connectivity index (χ0) is 32.0. The first-order valence-corrected chi connectivity index (χ1v) is 16.5. The van der Waals surface area contributed by atoms with E-state index in [1.54, 1.807) is 42.5 Å². The fraction of sp³-hybridized carbons (Fsp3) is 0.219. The summed E-state index contributed by atoms with van der Waals surface area (Å²) in [6, 6.07) is 19.8. The van der Waals surface area contributed by atoms with E-state index in [1.165, 1.54) is 35.7 Å². The van der Waals surface area contributed by atoms with E-state index in [9.17, 15) is 26.7 Å². The summed E-state index contributed by atoms with van der Waals surface area (Å²) in [5.41, 5.74) is -2.19. The second-order valence-corrected chi connectivity index (χ2v) is 13.8. The largest absolute Gasteiger partial charge is 0.490 e. The number of rotatable bonds is 7. The van der Waals surface area contributed by atoms with Crippen LogP contribution < -0.4 is 14.2 Å². The minimum absolute atomic E-state index is 0.0247. The highest BCUT2D eigenvalue weighted by Crippen LogP contribution is 2.43. The number of aromatic nitrogens is 1. The number of hydrogen-bond donors (Lipinski definition) is 2. The molecule has 45 heavy (non-hydrogen) atoms. The minimum atomic E-state index is -4.90. The van der Waals surface area contributed by atoms with Gasteiger partial charge in [-0.05, 0) is 59.8 Å². The molecule has 0 amide bonds. The molecule has 2 atom stereocenters. The molecule has 0 saturated carbocycles. The van der Waals surface area contributed by atoms with Crippen molar-refractivity contribution in [3.8, 4) is 22.8 Å². The van der Waals surface area contributed by atoms with Crippen molar-refractivity contribution in [1.29, 1.82) is 0 Å². The average Bonchev–Trinajstić information content (AvgIpc) is 3.30. The summed E-state index contributed by atoms with van der Waals surface area (Å²) >= 11 is 7.84. The number of aliphatic hydroxyl groups is 1. The van der Waals surface area contributed by atoms with Crippen molar-refractivity contribution in [1.82, 2.24) is 9.71 Å². The van der Waals surface area contributed by atoms with E-state index in [1.807, 2.05) is 12.1 Å². The molecule has 0 radical (unpaired) electrons. The molecule has 3 heterocycles. The Labute approximate surface area is 266 Å². The third-order valence-electron chi connectivity index (χ3n) is 7.52. The summed E-state index contributed by atoms with van der Waals surface area (Å²) in [7, 11) is -4.14. The fourth-order valence-electron chi connectivity index (χ4n) is 4.99. The highest BCUT2D eigenvalue weighted by Gasteiger charge is 2.51. The van der Waals surface area contributed by atoms with Crippen LogP contribution in [0.1, 0.15) is 35.4 Å². The number of benzene rings is 3. The van der Waals surface area contributed by atoms with E-state index >= 15 is 0 Å². The summed E-state index contributed by atoms with van der Waals surface area (Å²) in [5, 5.41) is 11.3. The Bertz CT molecular complexity index is 2000. The minimum Gasteiger partial charge on any atom is -0.490 e. The highest BCUT2D eigenvalue weighted by atomic mass is 35.5. The number of nitrogens with zero attached hydrogens (tertiary/aromatic N) is 1. The van der Waals surface area contributed by atoms with E-state index < -0.39 is 27.8 Å². The normalized spacial score (nSPS) is 15.8. The molecule has 0 bridgehead atoms. The van der Waals surface area contributed by atoms with Gasteiger partial charge in [-0.1, -0.05) is 48.0 Å². The van der Waals surface area contributed by atoms with E-state index in [4.69, 9.17) is 21.1 Å². The van der Waals surface area contributed by atoms with Gasteiger partial charge < -0.3 is 14.6 Å². The van der Waals surface area contributed by atoms with Crippen LogP contribution in [0.15, 0.2) is 90.0 Å². The Morgan fingerprint density at radius 2 is 1.73 bits per heavy atom. The van der Waals surface area contributed by atoms with Crippen molar-refractivity contribution in [3.05, 3.63) is 106 Å². The average molecular weight is 675 g/mol. The predicted octanol–water partition coefficient (Wildman–Crippen LogP) is 7.62. The standard InChI is InChI=1S/C32H26ClF3N2O5S2/c1-31(39,32(34,35)36)20-12-13-37-25(17-20)23-8-4-6-19-16-28(44-30(19)23)29(22-7-2-3-9-24(22)33)38-45(40,41)21-10-11-26-27(18-21)43-15-5-14-42-26/h2-4,6-13,16-18,29,38-39H,5,14-15H2,1H3. The Morgan fingerprint density at radius 1 is 0.978 bits per heavy atom. The fourth-order valence-corrected chi connectivity index (χ4v) is 7.77. The van der Waals surface area contributed by atoms with Crippen molar-refractivity contribution in [3.63, 3.8) is 0 Å². The monoisotopic (exact) mass is 674 g/mol. The first kappa shape index (κ1) is 31.3. The summed E-state index contributed by atoms with van der Waals surface area (Å²) < 4.78 is 83.2. The van der Waals surface area contributed by atoms with Gasteiger partial charge in [0.05, 0.1) is 29.8 Å². The van der Waals surface area contributed by atoms with Gasteiger partial charge in [-0.2, -0.15) is 17.9 Å². The second-order valence-electron chi connectivity index (χ2n) is 10.6. The van der Waals surface area contributed by atoms with Crippen LogP contribution in [-0.2, 0) is 15.6 Å². The Hall–Kier alpha value is -3.68. The third kappa shape index (κ3) is 6.12. The molecule has 2 N–H and O–H groups in total. The molecular weight excluding hydrogens is 649 g/mol. The lowest BCUT2D eigenvalue weighted by atomic mass is 9.94. The van der Waals surface area contributed by atoms with Gasteiger partial charge in [0.25, 0.3) is 0 Å². The molecule has 2 unspecified atom stereocenters. The van der Waals surface area contributed by atoms with Gasteiger partial charge in [0.15, 0.2) is 17.1 Å². The van der Waals surface area contributed by atoms with E-state index in [0.29, 0.717) is 69.2 Å². The van der Waals surface area contributed by atoms with Crippen molar-refractivity contribution in [2.24, 2.45) is 0 Å². The van der Waals surface area contributed by atoms with Gasteiger partial charge in [0.1, 0.15) is 0 Å². The molecule has 6 rings (SSSR count). The molecule has 0 fully saturated rings. The number of alkyl halides is 3. The van der Waals surface area contributed by atoms with Crippen LogP contribution in [0.3, 0.4) is 0 Å². The number of hydrogen-bond acceptors (Lipinski definition) is 7. The second kappa shape index (κ2) is 11.9. The summed E-state index contributed by atoms with van der Waals surface area (Å²) in [6.07, 6.45) is -3.02. The number of thiophene rings is 1. The van der Waals surface area contributed by atoms with E-state index in [0.717, 1.165) is 6.07 Å². The van der Waals surface area contributed by atoms with Gasteiger partial charge in [0.2, 0.25) is 10.0 Å². The predicted molar refractivity (Wildman–Crippen MR) is 166 cm³/mol. The van der Waals surface area contributed by atoms with Crippen LogP contribution in [0.25, 0.3) is 21.3 Å². The van der Waals surface area contributed by atoms with Crippen LogP contribution in [0, 0.1) is 0 Å². The maximum Gasteiger partial charge on any atom is 0.421 e. The van der Waals surface area contributed by atoms with Crippen molar-refractivity contribution in [2.75, 3.05) is 13.2 Å². The Kier molecular flexibility index (Phi) is 8.29. The van der Waals surface area contributed by atoms with Crippen LogP contribution in [0.2, 0.25) is 5.02 Å². The number of fused-ring (bicyclic) bond motifs is 2. The quantitative estimate of drug-likeness (QED) is 0.184. The third-order valence-corrected chi connectivity index (χ3v) is 10.5. The Balaban J connectivity index is 1.43. The molecule has 2 aromatic heterocycles. The first-order valence-electron chi connectivity index (χ1n) is 13.8. The molecule has 1 aliphatic heterocycles.